The molecule has 0 bridgehead atoms. The highest BCUT2D eigenvalue weighted by molar-refractivity contribution is 5.71. The van der Waals surface area contributed by atoms with Crippen LogP contribution in [0.15, 0.2) is 18.2 Å². The molecule has 4 N–H and O–H groups in total. The van der Waals surface area contributed by atoms with E-state index in [-0.39, 0.29) is 0 Å². The van der Waals surface area contributed by atoms with Crippen LogP contribution in [-0.2, 0) is 0 Å². The predicted octanol–water partition coefficient (Wildman–Crippen LogP) is -0.371. The molecule has 3 rings (SSSR count). The van der Waals surface area contributed by atoms with E-state index < -0.39 is 0 Å². The van der Waals surface area contributed by atoms with Crippen molar-refractivity contribution in [3.05, 3.63) is 18.2 Å². The Morgan fingerprint density at radius 2 is 1.35 bits per heavy atom. The lowest BCUT2D eigenvalue weighted by Gasteiger charge is -2.01. The van der Waals surface area contributed by atoms with Crippen LogP contribution in [0, 0.1) is 0 Å². The largest absolute Gasteiger partial charge is 0.399 e. The monoisotopic (exact) mass is 229 g/mol. The van der Waals surface area contributed by atoms with Crippen LogP contribution in [0.2, 0.25) is 0 Å². The van der Waals surface area contributed by atoms with Crippen molar-refractivity contribution in [1.82, 2.24) is 41.2 Å². The number of nitrogens with two attached hydrogens (primary N) is 1. The van der Waals surface area contributed by atoms with Crippen molar-refractivity contribution < 1.29 is 0 Å². The van der Waals surface area contributed by atoms with Crippen LogP contribution >= 0.6 is 0 Å². The predicted molar refractivity (Wildman–Crippen MR) is 57.2 cm³/mol. The first-order valence-electron chi connectivity index (χ1n) is 4.71. The maximum atomic E-state index is 5.80. The summed E-state index contributed by atoms with van der Waals surface area (Å²) < 4.78 is 0. The first kappa shape index (κ1) is 9.39. The van der Waals surface area contributed by atoms with E-state index in [1.54, 1.807) is 12.1 Å². The van der Waals surface area contributed by atoms with E-state index >= 15 is 0 Å². The molecule has 2 heterocycles. The molecular weight excluding hydrogens is 222 g/mol. The lowest BCUT2D eigenvalue weighted by molar-refractivity contribution is 0.881. The standard InChI is InChI=1S/C8H7N9/c9-6-2-4(7-10-14-15-11-7)1-5(3-6)8-12-16-17-13-8/h1-3H,9H2,(H,10,11,14,15)(H,12,13,16,17). The summed E-state index contributed by atoms with van der Waals surface area (Å²) in [7, 11) is 0. The minimum atomic E-state index is 0.460. The topological polar surface area (TPSA) is 135 Å². The zero-order chi connectivity index (χ0) is 11.7. The summed E-state index contributed by atoms with van der Waals surface area (Å²) in [5.41, 5.74) is 7.83. The normalized spacial score (nSPS) is 10.6. The number of hydrogen-bond acceptors (Lipinski definition) is 7. The number of nitrogens with one attached hydrogen (secondary N) is 2. The van der Waals surface area contributed by atoms with Crippen LogP contribution in [0.5, 0.6) is 0 Å². The van der Waals surface area contributed by atoms with Gasteiger partial charge >= 0.3 is 0 Å². The van der Waals surface area contributed by atoms with Gasteiger partial charge in [0.25, 0.3) is 0 Å². The molecule has 0 unspecified atom stereocenters. The van der Waals surface area contributed by atoms with Crippen molar-refractivity contribution in [3.8, 4) is 22.8 Å². The number of benzene rings is 1. The van der Waals surface area contributed by atoms with Crippen molar-refractivity contribution in [2.75, 3.05) is 5.73 Å². The maximum Gasteiger partial charge on any atom is 0.204 e. The van der Waals surface area contributed by atoms with Crippen molar-refractivity contribution in [2.45, 2.75) is 0 Å². The molecular formula is C8H7N9. The summed E-state index contributed by atoms with van der Waals surface area (Å²) in [5, 5.41) is 27.3. The van der Waals surface area contributed by atoms with Gasteiger partial charge in [-0.1, -0.05) is 0 Å². The Balaban J connectivity index is 2.13. The molecule has 9 heteroatoms. The lowest BCUT2D eigenvalue weighted by Crippen LogP contribution is -1.91. The molecule has 0 atom stereocenters. The summed E-state index contributed by atoms with van der Waals surface area (Å²) in [5.74, 6) is 0.920. The molecule has 0 saturated heterocycles. The second-order valence-electron chi connectivity index (χ2n) is 3.31. The van der Waals surface area contributed by atoms with Crippen LogP contribution in [0.4, 0.5) is 5.69 Å². The molecule has 0 spiro atoms. The molecule has 0 amide bonds. The van der Waals surface area contributed by atoms with E-state index in [4.69, 9.17) is 5.73 Å². The molecule has 17 heavy (non-hydrogen) atoms. The van der Waals surface area contributed by atoms with Gasteiger partial charge < -0.3 is 5.73 Å². The number of H-pyrrole nitrogens is 2. The van der Waals surface area contributed by atoms with Gasteiger partial charge in [-0.05, 0) is 28.6 Å². The van der Waals surface area contributed by atoms with Gasteiger partial charge in [-0.25, -0.2) is 0 Å². The summed E-state index contributed by atoms with van der Waals surface area (Å²) in [4.78, 5) is 0. The average Bonchev–Trinajstić information content (AvgIpc) is 3.02. The quantitative estimate of drug-likeness (QED) is 0.510. The summed E-state index contributed by atoms with van der Waals surface area (Å²) in [6, 6.07) is 5.30. The third-order valence-electron chi connectivity index (χ3n) is 2.16. The molecule has 2 aromatic heterocycles. The summed E-state index contributed by atoms with van der Waals surface area (Å²) in [6.45, 7) is 0. The summed E-state index contributed by atoms with van der Waals surface area (Å²) in [6.07, 6.45) is 0. The highest BCUT2D eigenvalue weighted by Gasteiger charge is 2.09. The van der Waals surface area contributed by atoms with E-state index in [9.17, 15) is 0 Å². The van der Waals surface area contributed by atoms with Gasteiger partial charge in [0.15, 0.2) is 0 Å². The van der Waals surface area contributed by atoms with E-state index in [0.29, 0.717) is 17.3 Å². The Bertz CT molecular complexity index is 560. The Morgan fingerprint density at radius 3 is 1.76 bits per heavy atom. The van der Waals surface area contributed by atoms with Crippen molar-refractivity contribution in [1.29, 1.82) is 0 Å². The molecule has 84 valence electrons. The number of nitrogen functional groups attached to an aromatic ring is 1. The Labute approximate surface area is 94.4 Å². The van der Waals surface area contributed by atoms with Crippen LogP contribution in [0.3, 0.4) is 0 Å². The highest BCUT2D eigenvalue weighted by Crippen LogP contribution is 2.24. The minimum Gasteiger partial charge on any atom is -0.399 e. The molecule has 0 aliphatic heterocycles. The number of tetrazole rings is 2. The first-order valence-corrected chi connectivity index (χ1v) is 4.71. The average molecular weight is 229 g/mol. The number of anilines is 1. The van der Waals surface area contributed by atoms with Crippen LogP contribution < -0.4 is 5.73 Å². The Kier molecular flexibility index (Phi) is 2.00. The van der Waals surface area contributed by atoms with Gasteiger partial charge in [-0.15, -0.1) is 20.4 Å². The number of aromatic amines is 2. The van der Waals surface area contributed by atoms with Crippen LogP contribution in [0.1, 0.15) is 0 Å². The van der Waals surface area contributed by atoms with Gasteiger partial charge in [0.05, 0.1) is 0 Å². The molecule has 0 aliphatic carbocycles. The van der Waals surface area contributed by atoms with Crippen LogP contribution in [0.25, 0.3) is 22.8 Å². The minimum absolute atomic E-state index is 0.460. The van der Waals surface area contributed by atoms with Gasteiger partial charge in [0, 0.05) is 16.8 Å². The molecule has 1 aromatic carbocycles. The van der Waals surface area contributed by atoms with Gasteiger partial charge in [0.1, 0.15) is 0 Å². The fourth-order valence-corrected chi connectivity index (χ4v) is 1.48. The third kappa shape index (κ3) is 1.69. The second kappa shape index (κ2) is 3.63. The maximum absolute atomic E-state index is 5.80. The number of rotatable bonds is 2. The van der Waals surface area contributed by atoms with Crippen molar-refractivity contribution in [3.63, 3.8) is 0 Å². The Morgan fingerprint density at radius 1 is 0.824 bits per heavy atom. The molecule has 0 aliphatic rings. The summed E-state index contributed by atoms with van der Waals surface area (Å²) >= 11 is 0. The third-order valence-corrected chi connectivity index (χ3v) is 2.16. The number of aromatic nitrogens is 8. The molecule has 3 aromatic rings. The first-order chi connectivity index (χ1) is 8.33. The second-order valence-corrected chi connectivity index (χ2v) is 3.31. The van der Waals surface area contributed by atoms with Crippen molar-refractivity contribution >= 4 is 5.69 Å². The smallest absolute Gasteiger partial charge is 0.204 e. The van der Waals surface area contributed by atoms with Crippen LogP contribution in [-0.4, -0.2) is 41.2 Å². The molecule has 9 nitrogen and oxygen atoms in total. The SMILES string of the molecule is Nc1cc(-c2nn[nH]n2)cc(-c2nn[nH]n2)c1. The fraction of sp³-hybridized carbons (Fsp3) is 0. The highest BCUT2D eigenvalue weighted by atomic mass is 15.5. The fourth-order valence-electron chi connectivity index (χ4n) is 1.48. The zero-order valence-electron chi connectivity index (χ0n) is 8.49. The van der Waals surface area contributed by atoms with Gasteiger partial charge in [-0.2, -0.15) is 10.4 Å². The zero-order valence-corrected chi connectivity index (χ0v) is 8.49. The number of hydrogen-bond donors (Lipinski definition) is 3. The lowest BCUT2D eigenvalue weighted by atomic mass is 10.1. The number of nitrogens with zero attached hydrogens (tertiary/aromatic N) is 6. The molecule has 0 fully saturated rings. The van der Waals surface area contributed by atoms with E-state index in [1.807, 2.05) is 6.07 Å². The van der Waals surface area contributed by atoms with Crippen molar-refractivity contribution in [2.24, 2.45) is 0 Å². The van der Waals surface area contributed by atoms with Gasteiger partial charge in [0.2, 0.25) is 11.6 Å². The van der Waals surface area contributed by atoms with E-state index in [0.717, 1.165) is 11.1 Å². The molecule has 0 radical (unpaired) electrons. The molecule has 0 saturated carbocycles. The van der Waals surface area contributed by atoms with Gasteiger partial charge in [-0.3, -0.25) is 0 Å². The Hall–Kier alpha value is -2.84. The van der Waals surface area contributed by atoms with E-state index in [2.05, 4.69) is 41.2 Å². The van der Waals surface area contributed by atoms with E-state index in [1.165, 1.54) is 0 Å².